The van der Waals surface area contributed by atoms with Crippen molar-refractivity contribution in [1.29, 1.82) is 0 Å². The SMILES string of the molecule is C[C@]12CC[C@@H](O)C[C@H]1CC[C@@H]1[C@@H]2CC[C@]2(C)[C@H](O)CC[C@@H]12. The van der Waals surface area contributed by atoms with Crippen molar-refractivity contribution in [3.63, 3.8) is 0 Å². The van der Waals surface area contributed by atoms with Gasteiger partial charge < -0.3 is 10.2 Å². The van der Waals surface area contributed by atoms with Gasteiger partial charge in [0.15, 0.2) is 0 Å². The van der Waals surface area contributed by atoms with Crippen LogP contribution in [0.3, 0.4) is 0 Å². The average molecular weight is 292 g/mol. The number of hydrogen-bond donors (Lipinski definition) is 2. The first-order valence-corrected chi connectivity index (χ1v) is 9.31. The molecule has 0 heterocycles. The Hall–Kier alpha value is -0.0800. The molecule has 0 amide bonds. The minimum absolute atomic E-state index is 0.0400. The highest BCUT2D eigenvalue weighted by molar-refractivity contribution is 5.09. The zero-order valence-corrected chi connectivity index (χ0v) is 13.7. The van der Waals surface area contributed by atoms with E-state index in [9.17, 15) is 10.2 Å². The monoisotopic (exact) mass is 292 g/mol. The lowest BCUT2D eigenvalue weighted by Gasteiger charge is -2.60. The molecule has 0 unspecified atom stereocenters. The van der Waals surface area contributed by atoms with Crippen molar-refractivity contribution < 1.29 is 10.2 Å². The van der Waals surface area contributed by atoms with E-state index in [0.717, 1.165) is 42.9 Å². The van der Waals surface area contributed by atoms with Crippen LogP contribution in [0.15, 0.2) is 0 Å². The Labute approximate surface area is 129 Å². The molecule has 4 aliphatic rings. The van der Waals surface area contributed by atoms with E-state index in [2.05, 4.69) is 13.8 Å². The molecule has 120 valence electrons. The molecule has 21 heavy (non-hydrogen) atoms. The molecule has 0 radical (unpaired) electrons. The molecule has 2 nitrogen and oxygen atoms in total. The summed E-state index contributed by atoms with van der Waals surface area (Å²) in [7, 11) is 0. The molecule has 0 bridgehead atoms. The van der Waals surface area contributed by atoms with E-state index in [-0.39, 0.29) is 17.6 Å². The van der Waals surface area contributed by atoms with Gasteiger partial charge in [0.05, 0.1) is 12.2 Å². The smallest absolute Gasteiger partial charge is 0.0596 e. The molecule has 0 aromatic rings. The zero-order chi connectivity index (χ0) is 14.8. The van der Waals surface area contributed by atoms with E-state index in [1.54, 1.807) is 0 Å². The molecule has 2 N–H and O–H groups in total. The summed E-state index contributed by atoms with van der Waals surface area (Å²) in [5, 5.41) is 20.5. The second-order valence-electron chi connectivity index (χ2n) is 9.22. The van der Waals surface area contributed by atoms with Gasteiger partial charge in [0.2, 0.25) is 0 Å². The molecule has 0 aromatic carbocycles. The highest BCUT2D eigenvalue weighted by atomic mass is 16.3. The van der Waals surface area contributed by atoms with Gasteiger partial charge in [0.1, 0.15) is 0 Å². The fourth-order valence-electron chi connectivity index (χ4n) is 7.21. The molecule has 0 aliphatic heterocycles. The maximum Gasteiger partial charge on any atom is 0.0596 e. The first-order chi connectivity index (χ1) is 9.95. The van der Waals surface area contributed by atoms with Gasteiger partial charge in [-0.2, -0.15) is 0 Å². The van der Waals surface area contributed by atoms with Gasteiger partial charge in [0.25, 0.3) is 0 Å². The Morgan fingerprint density at radius 1 is 0.762 bits per heavy atom. The second-order valence-corrected chi connectivity index (χ2v) is 9.22. The van der Waals surface area contributed by atoms with Gasteiger partial charge in [-0.3, -0.25) is 0 Å². The second kappa shape index (κ2) is 4.71. The van der Waals surface area contributed by atoms with Gasteiger partial charge in [-0.15, -0.1) is 0 Å². The summed E-state index contributed by atoms with van der Waals surface area (Å²) in [4.78, 5) is 0. The molecule has 4 fully saturated rings. The highest BCUT2D eigenvalue weighted by Crippen LogP contribution is 2.66. The predicted octanol–water partition coefficient (Wildman–Crippen LogP) is 3.75. The van der Waals surface area contributed by atoms with Gasteiger partial charge >= 0.3 is 0 Å². The number of hydrogen-bond acceptors (Lipinski definition) is 2. The fourth-order valence-corrected chi connectivity index (χ4v) is 7.21. The summed E-state index contributed by atoms with van der Waals surface area (Å²) in [5.41, 5.74) is 0.676. The Kier molecular flexibility index (Phi) is 3.25. The summed E-state index contributed by atoms with van der Waals surface area (Å²) >= 11 is 0. The number of aliphatic hydroxyl groups excluding tert-OH is 2. The quantitative estimate of drug-likeness (QED) is 0.714. The van der Waals surface area contributed by atoms with E-state index in [1.807, 2.05) is 0 Å². The lowest BCUT2D eigenvalue weighted by Crippen LogP contribution is -2.54. The Bertz CT molecular complexity index is 422. The Morgan fingerprint density at radius 3 is 2.29 bits per heavy atom. The molecule has 0 aromatic heterocycles. The molecule has 4 aliphatic carbocycles. The van der Waals surface area contributed by atoms with Crippen molar-refractivity contribution in [2.24, 2.45) is 34.5 Å². The Morgan fingerprint density at radius 2 is 1.48 bits per heavy atom. The third-order valence-electron chi connectivity index (χ3n) is 8.59. The van der Waals surface area contributed by atoms with Gasteiger partial charge in [-0.25, -0.2) is 0 Å². The molecule has 0 spiro atoms. The largest absolute Gasteiger partial charge is 0.393 e. The predicted molar refractivity (Wildman–Crippen MR) is 83.7 cm³/mol. The van der Waals surface area contributed by atoms with Crippen LogP contribution in [0.25, 0.3) is 0 Å². The van der Waals surface area contributed by atoms with Gasteiger partial charge in [0, 0.05) is 0 Å². The van der Waals surface area contributed by atoms with Crippen LogP contribution in [0, 0.1) is 34.5 Å². The summed E-state index contributed by atoms with van der Waals surface area (Å²) in [6.07, 6.45) is 10.7. The fraction of sp³-hybridized carbons (Fsp3) is 1.00. The molecular formula is C19H32O2. The summed E-state index contributed by atoms with van der Waals surface area (Å²) < 4.78 is 0. The van der Waals surface area contributed by atoms with Crippen LogP contribution < -0.4 is 0 Å². The molecule has 2 heteroatoms. The van der Waals surface area contributed by atoms with Crippen molar-refractivity contribution >= 4 is 0 Å². The minimum Gasteiger partial charge on any atom is -0.393 e. The van der Waals surface area contributed by atoms with Crippen LogP contribution in [0.4, 0.5) is 0 Å². The van der Waals surface area contributed by atoms with Crippen molar-refractivity contribution in [2.45, 2.75) is 83.8 Å². The van der Waals surface area contributed by atoms with E-state index in [4.69, 9.17) is 0 Å². The topological polar surface area (TPSA) is 40.5 Å². The zero-order valence-electron chi connectivity index (χ0n) is 13.7. The highest BCUT2D eigenvalue weighted by Gasteiger charge is 2.59. The molecule has 0 saturated heterocycles. The van der Waals surface area contributed by atoms with Crippen LogP contribution in [-0.2, 0) is 0 Å². The van der Waals surface area contributed by atoms with Crippen LogP contribution in [0.5, 0.6) is 0 Å². The van der Waals surface area contributed by atoms with Crippen molar-refractivity contribution in [3.05, 3.63) is 0 Å². The maximum atomic E-state index is 10.5. The van der Waals surface area contributed by atoms with Gasteiger partial charge in [-0.05, 0) is 92.3 Å². The molecular weight excluding hydrogens is 260 g/mol. The molecule has 4 rings (SSSR count). The lowest BCUT2D eigenvalue weighted by atomic mass is 9.45. The van der Waals surface area contributed by atoms with E-state index in [1.165, 1.54) is 38.5 Å². The number of fused-ring (bicyclic) bond motifs is 5. The number of aliphatic hydroxyl groups is 2. The third-order valence-corrected chi connectivity index (χ3v) is 8.59. The first kappa shape index (κ1) is 14.5. The van der Waals surface area contributed by atoms with E-state index < -0.39 is 0 Å². The van der Waals surface area contributed by atoms with Crippen molar-refractivity contribution in [3.8, 4) is 0 Å². The van der Waals surface area contributed by atoms with Crippen LogP contribution >= 0.6 is 0 Å². The minimum atomic E-state index is -0.0536. The first-order valence-electron chi connectivity index (χ1n) is 9.31. The van der Waals surface area contributed by atoms with E-state index in [0.29, 0.717) is 5.41 Å². The lowest BCUT2D eigenvalue weighted by molar-refractivity contribution is -0.133. The van der Waals surface area contributed by atoms with Crippen LogP contribution in [0.2, 0.25) is 0 Å². The molecule has 8 atom stereocenters. The standard InChI is InChI=1S/C19H32O2/c1-18-9-7-13(20)11-12(18)3-4-14-15-5-6-17(21)19(15,2)10-8-16(14)18/h12-17,20-21H,3-11H2,1-2H3/t12-,13-,14+,15+,16+,17-,18+,19+/m1/s1. The van der Waals surface area contributed by atoms with Crippen LogP contribution in [0.1, 0.15) is 71.6 Å². The normalized spacial score (nSPS) is 60.0. The van der Waals surface area contributed by atoms with Gasteiger partial charge in [-0.1, -0.05) is 13.8 Å². The summed E-state index contributed by atoms with van der Waals surface area (Å²) in [6.45, 7) is 4.90. The average Bonchev–Trinajstić information content (AvgIpc) is 2.76. The Balaban J connectivity index is 1.62. The maximum absolute atomic E-state index is 10.5. The van der Waals surface area contributed by atoms with Crippen LogP contribution in [-0.4, -0.2) is 22.4 Å². The summed E-state index contributed by atoms with van der Waals surface area (Å²) in [6, 6.07) is 0. The van der Waals surface area contributed by atoms with Crippen molar-refractivity contribution in [1.82, 2.24) is 0 Å². The molecule has 4 saturated carbocycles. The van der Waals surface area contributed by atoms with Crippen molar-refractivity contribution in [2.75, 3.05) is 0 Å². The van der Waals surface area contributed by atoms with E-state index >= 15 is 0 Å². The number of rotatable bonds is 0. The summed E-state index contributed by atoms with van der Waals surface area (Å²) in [5.74, 6) is 3.21. The third kappa shape index (κ3) is 1.91.